The molecule has 0 amide bonds. The molecule has 0 atom stereocenters. The minimum absolute atomic E-state index is 0.110. The van der Waals surface area contributed by atoms with Crippen LogP contribution in [0, 0.1) is 17.0 Å². The third-order valence-electron chi connectivity index (χ3n) is 3.87. The average molecular weight is 355 g/mol. The van der Waals surface area contributed by atoms with Crippen molar-refractivity contribution in [3.63, 3.8) is 0 Å². The van der Waals surface area contributed by atoms with E-state index in [0.717, 1.165) is 5.56 Å². The molecule has 0 saturated heterocycles. The van der Waals surface area contributed by atoms with E-state index in [1.165, 1.54) is 7.11 Å². The normalized spacial score (nSPS) is 11.0. The van der Waals surface area contributed by atoms with Gasteiger partial charge in [-0.3, -0.25) is 0 Å². The van der Waals surface area contributed by atoms with Gasteiger partial charge in [-0.1, -0.05) is 60.4 Å². The largest absolute Gasteiger partial charge is 0.618 e. The number of hydrogen-bond acceptors (Lipinski definition) is 3. The molecule has 27 heavy (non-hydrogen) atoms. The molecule has 3 aromatic rings. The standard InChI is InChI=1S/C23H17NO3/c1-27-23(25)22(24(26)20-13-6-3-7-14-20)21-15-9-8-12-19(21)17-16-18-10-4-2-5-11-18/h2-15H,1H3/b24-22+. The Morgan fingerprint density at radius 1 is 0.852 bits per heavy atom. The molecule has 3 rings (SSSR count). The van der Waals surface area contributed by atoms with Crippen molar-refractivity contribution in [3.05, 3.63) is 107 Å². The summed E-state index contributed by atoms with van der Waals surface area (Å²) in [5, 5.41) is 12.9. The van der Waals surface area contributed by atoms with Crippen LogP contribution in [-0.2, 0) is 9.53 Å². The fourth-order valence-electron chi connectivity index (χ4n) is 2.55. The Labute approximate surface area is 157 Å². The molecule has 0 aliphatic rings. The summed E-state index contributed by atoms with van der Waals surface area (Å²) in [7, 11) is 1.25. The summed E-state index contributed by atoms with van der Waals surface area (Å²) in [6.45, 7) is 0. The van der Waals surface area contributed by atoms with Crippen LogP contribution in [0.3, 0.4) is 0 Å². The minimum atomic E-state index is -0.720. The molecule has 0 saturated carbocycles. The Morgan fingerprint density at radius 2 is 1.44 bits per heavy atom. The van der Waals surface area contributed by atoms with Crippen molar-refractivity contribution in [2.45, 2.75) is 0 Å². The fraction of sp³-hybridized carbons (Fsp3) is 0.0435. The summed E-state index contributed by atoms with van der Waals surface area (Å²) < 4.78 is 5.44. The SMILES string of the molecule is COC(=O)/C(c1ccccc1C#Cc1ccccc1)=[N+](/[O-])c1ccccc1. The zero-order valence-electron chi connectivity index (χ0n) is 14.8. The molecule has 4 heteroatoms. The van der Waals surface area contributed by atoms with Gasteiger partial charge in [0, 0.05) is 23.3 Å². The first kappa shape index (κ1) is 18.0. The highest BCUT2D eigenvalue weighted by Crippen LogP contribution is 2.16. The smallest absolute Gasteiger partial charge is 0.405 e. The third-order valence-corrected chi connectivity index (χ3v) is 3.87. The van der Waals surface area contributed by atoms with Crippen molar-refractivity contribution in [1.29, 1.82) is 0 Å². The van der Waals surface area contributed by atoms with Crippen LogP contribution in [0.2, 0.25) is 0 Å². The summed E-state index contributed by atoms with van der Waals surface area (Å²) in [6.07, 6.45) is 0. The zero-order valence-corrected chi connectivity index (χ0v) is 14.8. The van der Waals surface area contributed by atoms with Gasteiger partial charge >= 0.3 is 11.7 Å². The van der Waals surface area contributed by atoms with Crippen molar-refractivity contribution in [2.75, 3.05) is 7.11 Å². The van der Waals surface area contributed by atoms with Crippen LogP contribution in [0.4, 0.5) is 5.69 Å². The molecule has 0 bridgehead atoms. The van der Waals surface area contributed by atoms with Gasteiger partial charge in [0.15, 0.2) is 0 Å². The summed E-state index contributed by atoms with van der Waals surface area (Å²) in [4.78, 5) is 12.4. The summed E-state index contributed by atoms with van der Waals surface area (Å²) >= 11 is 0. The van der Waals surface area contributed by atoms with Crippen LogP contribution in [-0.4, -0.2) is 23.5 Å². The highest BCUT2D eigenvalue weighted by atomic mass is 16.5. The van der Waals surface area contributed by atoms with Crippen molar-refractivity contribution < 1.29 is 14.3 Å². The second-order valence-corrected chi connectivity index (χ2v) is 5.63. The maximum Gasteiger partial charge on any atom is 0.405 e. The number of nitrogens with zero attached hydrogens (tertiary/aromatic N) is 1. The van der Waals surface area contributed by atoms with Gasteiger partial charge in [0.25, 0.3) is 0 Å². The number of ether oxygens (including phenoxy) is 1. The van der Waals surface area contributed by atoms with E-state index in [1.54, 1.807) is 48.5 Å². The lowest BCUT2D eigenvalue weighted by molar-refractivity contribution is -0.360. The van der Waals surface area contributed by atoms with E-state index < -0.39 is 5.97 Å². The van der Waals surface area contributed by atoms with E-state index in [0.29, 0.717) is 21.6 Å². The third kappa shape index (κ3) is 4.23. The van der Waals surface area contributed by atoms with E-state index in [1.807, 2.05) is 36.4 Å². The number of methoxy groups -OCH3 is 1. The Kier molecular flexibility index (Phi) is 5.66. The highest BCUT2D eigenvalue weighted by molar-refractivity contribution is 6.41. The molecule has 0 heterocycles. The number of para-hydroxylation sites is 1. The number of carbonyl (C=O) groups excluding carboxylic acids is 1. The molecule has 0 fully saturated rings. The van der Waals surface area contributed by atoms with Crippen LogP contribution in [0.15, 0.2) is 84.9 Å². The van der Waals surface area contributed by atoms with Crippen LogP contribution >= 0.6 is 0 Å². The van der Waals surface area contributed by atoms with Crippen molar-refractivity contribution in [3.8, 4) is 11.8 Å². The van der Waals surface area contributed by atoms with Gasteiger partial charge in [-0.05, 0) is 24.3 Å². The lowest BCUT2D eigenvalue weighted by atomic mass is 10.0. The van der Waals surface area contributed by atoms with Crippen LogP contribution < -0.4 is 0 Å². The molecule has 0 aromatic heterocycles. The molecule has 0 aliphatic carbocycles. The quantitative estimate of drug-likeness (QED) is 0.179. The molecule has 0 unspecified atom stereocenters. The van der Waals surface area contributed by atoms with Crippen LogP contribution in [0.25, 0.3) is 0 Å². The molecule has 4 nitrogen and oxygen atoms in total. The zero-order chi connectivity index (χ0) is 19.1. The van der Waals surface area contributed by atoms with Gasteiger partial charge in [0.05, 0.1) is 12.7 Å². The van der Waals surface area contributed by atoms with Gasteiger partial charge < -0.3 is 9.94 Å². The van der Waals surface area contributed by atoms with E-state index in [2.05, 4.69) is 11.8 Å². The molecular weight excluding hydrogens is 338 g/mol. The summed E-state index contributed by atoms with van der Waals surface area (Å²) in [6, 6.07) is 25.1. The monoisotopic (exact) mass is 355 g/mol. The molecular formula is C23H17NO3. The summed E-state index contributed by atoms with van der Waals surface area (Å²) in [5.41, 5.74) is 2.06. The maximum absolute atomic E-state index is 12.9. The van der Waals surface area contributed by atoms with E-state index >= 15 is 0 Å². The van der Waals surface area contributed by atoms with Crippen molar-refractivity contribution in [1.82, 2.24) is 0 Å². The van der Waals surface area contributed by atoms with E-state index in [4.69, 9.17) is 4.74 Å². The molecule has 0 radical (unpaired) electrons. The maximum atomic E-state index is 12.9. The number of carbonyl (C=O) groups is 1. The predicted molar refractivity (Wildman–Crippen MR) is 105 cm³/mol. The van der Waals surface area contributed by atoms with Crippen LogP contribution in [0.5, 0.6) is 0 Å². The minimum Gasteiger partial charge on any atom is -0.618 e. The first-order valence-electron chi connectivity index (χ1n) is 8.35. The number of rotatable bonds is 3. The molecule has 0 N–H and O–H groups in total. The predicted octanol–water partition coefficient (Wildman–Crippen LogP) is 3.89. The first-order chi connectivity index (χ1) is 13.2. The Bertz CT molecular complexity index is 1030. The number of benzene rings is 3. The molecule has 3 aromatic carbocycles. The van der Waals surface area contributed by atoms with E-state index in [9.17, 15) is 10.0 Å². The topological polar surface area (TPSA) is 52.4 Å². The van der Waals surface area contributed by atoms with Crippen LogP contribution in [0.1, 0.15) is 16.7 Å². The van der Waals surface area contributed by atoms with Crippen molar-refractivity contribution in [2.24, 2.45) is 0 Å². The lowest BCUT2D eigenvalue weighted by Gasteiger charge is -2.10. The second kappa shape index (κ2) is 8.50. The fourth-order valence-corrected chi connectivity index (χ4v) is 2.55. The Balaban J connectivity index is 2.15. The van der Waals surface area contributed by atoms with Gasteiger partial charge in [-0.2, -0.15) is 4.74 Å². The summed E-state index contributed by atoms with van der Waals surface area (Å²) in [5.74, 6) is 5.39. The van der Waals surface area contributed by atoms with Crippen molar-refractivity contribution >= 4 is 17.4 Å². The molecule has 0 spiro atoms. The lowest BCUT2D eigenvalue weighted by Crippen LogP contribution is -2.26. The highest BCUT2D eigenvalue weighted by Gasteiger charge is 2.27. The van der Waals surface area contributed by atoms with Gasteiger partial charge in [-0.25, -0.2) is 4.79 Å². The average Bonchev–Trinajstić information content (AvgIpc) is 2.74. The van der Waals surface area contributed by atoms with Gasteiger partial charge in [0.2, 0.25) is 5.69 Å². The number of esters is 1. The second-order valence-electron chi connectivity index (χ2n) is 5.63. The Morgan fingerprint density at radius 3 is 2.11 bits per heavy atom. The number of hydrogen-bond donors (Lipinski definition) is 0. The Hall–Kier alpha value is -3.84. The molecule has 0 aliphatic heterocycles. The first-order valence-corrected chi connectivity index (χ1v) is 8.35. The van der Waals surface area contributed by atoms with E-state index in [-0.39, 0.29) is 5.71 Å². The van der Waals surface area contributed by atoms with Gasteiger partial charge in [-0.15, -0.1) is 0 Å². The molecule has 132 valence electrons. The van der Waals surface area contributed by atoms with Gasteiger partial charge in [0.1, 0.15) is 0 Å².